The van der Waals surface area contributed by atoms with Gasteiger partial charge in [-0.3, -0.25) is 4.90 Å². The minimum absolute atomic E-state index is 0.0910. The molecule has 0 amide bonds. The highest BCUT2D eigenvalue weighted by atomic mass is 16.6. The van der Waals surface area contributed by atoms with E-state index in [2.05, 4.69) is 30.2 Å². The Kier molecular flexibility index (Phi) is 5.04. The third-order valence-electron chi connectivity index (χ3n) is 3.91. The summed E-state index contributed by atoms with van der Waals surface area (Å²) in [4.78, 5) is 14.5. The van der Waals surface area contributed by atoms with Crippen molar-refractivity contribution >= 4 is 11.8 Å². The molecule has 2 aromatic heterocycles. The zero-order chi connectivity index (χ0) is 16.9. The predicted octanol–water partition coefficient (Wildman–Crippen LogP) is 0.785. The first-order valence-electron chi connectivity index (χ1n) is 8.13. The Bertz CT molecular complexity index is 690. The van der Waals surface area contributed by atoms with Crippen LogP contribution in [-0.4, -0.2) is 55.9 Å². The number of nitrogens with two attached hydrogens (primary N) is 1. The van der Waals surface area contributed by atoms with Crippen molar-refractivity contribution in [3.05, 3.63) is 11.4 Å². The van der Waals surface area contributed by atoms with Crippen LogP contribution >= 0.6 is 0 Å². The summed E-state index contributed by atoms with van der Waals surface area (Å²) in [6, 6.07) is 0. The summed E-state index contributed by atoms with van der Waals surface area (Å²) >= 11 is 0. The molecule has 0 radical (unpaired) electrons. The largest absolute Gasteiger partial charge is 0.461 e. The Morgan fingerprint density at radius 3 is 2.75 bits per heavy atom. The van der Waals surface area contributed by atoms with Crippen LogP contribution in [0.25, 0.3) is 5.82 Å². The van der Waals surface area contributed by atoms with Crippen LogP contribution < -0.4 is 5.73 Å². The predicted molar refractivity (Wildman–Crippen MR) is 83.3 cm³/mol. The van der Waals surface area contributed by atoms with Crippen molar-refractivity contribution in [1.82, 2.24) is 30.2 Å². The van der Waals surface area contributed by atoms with Gasteiger partial charge in [-0.15, -0.1) is 5.10 Å². The number of piperidine rings is 1. The molecule has 0 bridgehead atoms. The molecular weight excluding hydrogens is 314 g/mol. The van der Waals surface area contributed by atoms with E-state index in [0.717, 1.165) is 32.4 Å². The first-order chi connectivity index (χ1) is 11.7. The summed E-state index contributed by atoms with van der Waals surface area (Å²) in [5, 5.41) is 15.3. The molecule has 10 heteroatoms. The Hall–Kier alpha value is -2.49. The number of hydrogen-bond donors (Lipinski definition) is 1. The second kappa shape index (κ2) is 7.39. The fourth-order valence-electron chi connectivity index (χ4n) is 2.70. The van der Waals surface area contributed by atoms with E-state index in [1.165, 1.54) is 11.1 Å². The van der Waals surface area contributed by atoms with Crippen LogP contribution in [0, 0.1) is 0 Å². The number of likely N-dealkylation sites (tertiary alicyclic amines) is 1. The van der Waals surface area contributed by atoms with Gasteiger partial charge in [-0.1, -0.05) is 18.6 Å². The molecule has 1 saturated heterocycles. The molecule has 0 aliphatic carbocycles. The molecule has 0 atom stereocenters. The Labute approximate surface area is 138 Å². The molecule has 0 saturated carbocycles. The number of carbonyl (C=O) groups is 1. The number of esters is 1. The lowest BCUT2D eigenvalue weighted by molar-refractivity contribution is 0.0495. The van der Waals surface area contributed by atoms with Crippen LogP contribution in [-0.2, 0) is 11.3 Å². The van der Waals surface area contributed by atoms with Crippen LogP contribution in [0.5, 0.6) is 0 Å². The maximum atomic E-state index is 12.3. The van der Waals surface area contributed by atoms with Gasteiger partial charge < -0.3 is 10.5 Å². The van der Waals surface area contributed by atoms with Gasteiger partial charge in [0.05, 0.1) is 12.3 Å². The number of hydrogen-bond acceptors (Lipinski definition) is 9. The van der Waals surface area contributed by atoms with Crippen molar-refractivity contribution in [3.63, 3.8) is 0 Å². The number of rotatable bonds is 6. The maximum Gasteiger partial charge on any atom is 0.360 e. The SMILES string of the molecule is CCCOC(=O)c1nnn(-c2nonc2N)c1CN1CCCCC1. The molecule has 3 rings (SSSR count). The van der Waals surface area contributed by atoms with Crippen LogP contribution in [0.1, 0.15) is 48.8 Å². The molecular formula is C14H21N7O3. The number of carbonyl (C=O) groups excluding carboxylic acids is 1. The molecule has 24 heavy (non-hydrogen) atoms. The van der Waals surface area contributed by atoms with Crippen molar-refractivity contribution in [1.29, 1.82) is 0 Å². The van der Waals surface area contributed by atoms with Crippen molar-refractivity contribution in [2.45, 2.75) is 39.2 Å². The highest BCUT2D eigenvalue weighted by Crippen LogP contribution is 2.20. The fourth-order valence-corrected chi connectivity index (χ4v) is 2.70. The zero-order valence-corrected chi connectivity index (χ0v) is 13.6. The summed E-state index contributed by atoms with van der Waals surface area (Å²) in [5.74, 6) is -0.178. The Morgan fingerprint density at radius 1 is 1.29 bits per heavy atom. The fraction of sp³-hybridized carbons (Fsp3) is 0.643. The standard InChI is InChI=1S/C14H21N7O3/c1-2-8-23-14(22)11-10(9-20-6-4-3-5-7-20)21(19-16-11)13-12(15)17-24-18-13/h2-9H2,1H3,(H2,15,17). The number of nitrogen functional groups attached to an aromatic ring is 1. The van der Waals surface area contributed by atoms with Gasteiger partial charge in [0.2, 0.25) is 11.6 Å². The van der Waals surface area contributed by atoms with Crippen molar-refractivity contribution in [2.75, 3.05) is 25.4 Å². The van der Waals surface area contributed by atoms with Crippen LogP contribution in [0.3, 0.4) is 0 Å². The first-order valence-corrected chi connectivity index (χ1v) is 8.13. The van der Waals surface area contributed by atoms with Crippen LogP contribution in [0.4, 0.5) is 5.82 Å². The molecule has 1 aliphatic rings. The van der Waals surface area contributed by atoms with E-state index in [1.54, 1.807) is 0 Å². The monoisotopic (exact) mass is 335 g/mol. The lowest BCUT2D eigenvalue weighted by Crippen LogP contribution is -2.31. The molecule has 1 fully saturated rings. The molecule has 0 aromatic carbocycles. The van der Waals surface area contributed by atoms with Gasteiger partial charge >= 0.3 is 5.97 Å². The smallest absolute Gasteiger partial charge is 0.360 e. The second-order valence-electron chi connectivity index (χ2n) is 5.74. The molecule has 2 aromatic rings. The molecule has 1 aliphatic heterocycles. The molecule has 130 valence electrons. The lowest BCUT2D eigenvalue weighted by atomic mass is 10.1. The second-order valence-corrected chi connectivity index (χ2v) is 5.74. The van der Waals surface area contributed by atoms with E-state index in [9.17, 15) is 4.79 Å². The summed E-state index contributed by atoms with van der Waals surface area (Å²) in [7, 11) is 0. The van der Waals surface area contributed by atoms with Crippen LogP contribution in [0.15, 0.2) is 4.63 Å². The molecule has 0 spiro atoms. The summed E-state index contributed by atoms with van der Waals surface area (Å²) < 4.78 is 11.2. The topological polar surface area (TPSA) is 125 Å². The number of ether oxygens (including phenoxy) is 1. The highest BCUT2D eigenvalue weighted by molar-refractivity contribution is 5.88. The van der Waals surface area contributed by atoms with Gasteiger partial charge in [0, 0.05) is 6.54 Å². The van der Waals surface area contributed by atoms with E-state index in [1.807, 2.05) is 6.92 Å². The summed E-state index contributed by atoms with van der Waals surface area (Å²) in [6.07, 6.45) is 4.22. The number of anilines is 1. The van der Waals surface area contributed by atoms with E-state index >= 15 is 0 Å². The van der Waals surface area contributed by atoms with E-state index in [0.29, 0.717) is 18.8 Å². The maximum absolute atomic E-state index is 12.3. The number of nitrogens with zero attached hydrogens (tertiary/aromatic N) is 6. The van der Waals surface area contributed by atoms with Gasteiger partial charge in [-0.25, -0.2) is 9.42 Å². The lowest BCUT2D eigenvalue weighted by Gasteiger charge is -2.26. The zero-order valence-electron chi connectivity index (χ0n) is 13.6. The number of aromatic nitrogens is 5. The van der Waals surface area contributed by atoms with E-state index < -0.39 is 5.97 Å². The molecule has 10 nitrogen and oxygen atoms in total. The Morgan fingerprint density at radius 2 is 2.08 bits per heavy atom. The highest BCUT2D eigenvalue weighted by Gasteiger charge is 2.26. The summed E-state index contributed by atoms with van der Waals surface area (Å²) in [6.45, 7) is 4.70. The quantitative estimate of drug-likeness (QED) is 0.762. The normalized spacial score (nSPS) is 15.5. The van der Waals surface area contributed by atoms with Gasteiger partial charge in [-0.2, -0.15) is 4.68 Å². The van der Waals surface area contributed by atoms with Gasteiger partial charge in [0.25, 0.3) is 0 Å². The average Bonchev–Trinajstić information content (AvgIpc) is 3.19. The minimum Gasteiger partial charge on any atom is -0.461 e. The van der Waals surface area contributed by atoms with Gasteiger partial charge in [0.1, 0.15) is 0 Å². The van der Waals surface area contributed by atoms with Crippen molar-refractivity contribution in [3.8, 4) is 5.82 Å². The third kappa shape index (κ3) is 3.37. The molecule has 0 unspecified atom stereocenters. The summed E-state index contributed by atoms with van der Waals surface area (Å²) in [5.41, 5.74) is 6.52. The van der Waals surface area contributed by atoms with Crippen LogP contribution in [0.2, 0.25) is 0 Å². The van der Waals surface area contributed by atoms with E-state index in [-0.39, 0.29) is 17.3 Å². The van der Waals surface area contributed by atoms with Crippen molar-refractivity contribution in [2.24, 2.45) is 0 Å². The van der Waals surface area contributed by atoms with E-state index in [4.69, 9.17) is 10.5 Å². The Balaban J connectivity index is 1.92. The average molecular weight is 335 g/mol. The van der Waals surface area contributed by atoms with Gasteiger partial charge in [-0.05, 0) is 42.7 Å². The minimum atomic E-state index is -0.495. The van der Waals surface area contributed by atoms with Crippen molar-refractivity contribution < 1.29 is 14.2 Å². The van der Waals surface area contributed by atoms with Gasteiger partial charge in [0.15, 0.2) is 5.69 Å². The molecule has 2 N–H and O–H groups in total. The first kappa shape index (κ1) is 16.4. The molecule has 3 heterocycles. The third-order valence-corrected chi connectivity index (χ3v) is 3.91.